The van der Waals surface area contributed by atoms with Crippen LogP contribution in [-0.4, -0.2) is 22.3 Å². The predicted molar refractivity (Wildman–Crippen MR) is 65.3 cm³/mol. The predicted octanol–water partition coefficient (Wildman–Crippen LogP) is 3.06. The fourth-order valence-corrected chi connectivity index (χ4v) is 1.84. The topological polar surface area (TPSA) is 57.5 Å². The first-order valence-electron chi connectivity index (χ1n) is 6.39. The Bertz CT molecular complexity index is 190. The van der Waals surface area contributed by atoms with Gasteiger partial charge >= 0.3 is 5.97 Å². The fourth-order valence-electron chi connectivity index (χ4n) is 1.84. The van der Waals surface area contributed by atoms with Gasteiger partial charge in [-0.15, -0.1) is 0 Å². The van der Waals surface area contributed by atoms with Gasteiger partial charge in [0.15, 0.2) is 0 Å². The van der Waals surface area contributed by atoms with E-state index in [2.05, 4.69) is 0 Å². The van der Waals surface area contributed by atoms with Gasteiger partial charge in [0.1, 0.15) is 0 Å². The minimum Gasteiger partial charge on any atom is -0.481 e. The molecule has 0 heterocycles. The lowest BCUT2D eigenvalue weighted by atomic mass is 9.93. The van der Waals surface area contributed by atoms with Crippen molar-refractivity contribution < 1.29 is 15.0 Å². The van der Waals surface area contributed by atoms with Crippen LogP contribution in [0.3, 0.4) is 0 Å². The first-order chi connectivity index (χ1) is 7.49. The number of unbranched alkanes of at least 4 members (excludes halogenated alkanes) is 1. The lowest BCUT2D eigenvalue weighted by Gasteiger charge is -2.15. The maximum absolute atomic E-state index is 10.9. The molecule has 16 heavy (non-hydrogen) atoms. The van der Waals surface area contributed by atoms with Gasteiger partial charge in [0.2, 0.25) is 0 Å². The Morgan fingerprint density at radius 1 is 1.12 bits per heavy atom. The molecule has 0 aliphatic heterocycles. The van der Waals surface area contributed by atoms with Crippen LogP contribution in [-0.2, 0) is 4.79 Å². The van der Waals surface area contributed by atoms with E-state index in [1.807, 2.05) is 20.8 Å². The zero-order chi connectivity index (χ0) is 12.6. The maximum Gasteiger partial charge on any atom is 0.306 e. The summed E-state index contributed by atoms with van der Waals surface area (Å²) in [6.07, 6.45) is 5.17. The molecule has 3 nitrogen and oxygen atoms in total. The summed E-state index contributed by atoms with van der Waals surface area (Å²) in [6, 6.07) is 0. The SMILES string of the molecule is CCC[C@@H](CCCCC(C)C(C)O)C(=O)O. The summed E-state index contributed by atoms with van der Waals surface area (Å²) in [5.74, 6) is -0.522. The molecule has 0 amide bonds. The molecule has 0 bridgehead atoms. The summed E-state index contributed by atoms with van der Waals surface area (Å²) < 4.78 is 0. The lowest BCUT2D eigenvalue weighted by Crippen LogP contribution is -2.15. The average molecular weight is 230 g/mol. The van der Waals surface area contributed by atoms with Gasteiger partial charge in [-0.1, -0.05) is 33.1 Å². The second kappa shape index (κ2) is 8.57. The number of hydrogen-bond donors (Lipinski definition) is 2. The van der Waals surface area contributed by atoms with Crippen LogP contribution < -0.4 is 0 Å². The Morgan fingerprint density at radius 2 is 1.69 bits per heavy atom. The van der Waals surface area contributed by atoms with Crippen LogP contribution in [0.25, 0.3) is 0 Å². The summed E-state index contributed by atoms with van der Waals surface area (Å²) in [5.41, 5.74) is 0. The Morgan fingerprint density at radius 3 is 2.12 bits per heavy atom. The molecule has 3 atom stereocenters. The van der Waals surface area contributed by atoms with E-state index in [0.29, 0.717) is 5.92 Å². The number of aliphatic hydroxyl groups excluding tert-OH is 1. The van der Waals surface area contributed by atoms with Crippen molar-refractivity contribution in [1.29, 1.82) is 0 Å². The molecule has 2 N–H and O–H groups in total. The summed E-state index contributed by atoms with van der Waals surface area (Å²) in [5, 5.41) is 18.3. The van der Waals surface area contributed by atoms with Gasteiger partial charge < -0.3 is 10.2 Å². The molecule has 0 aromatic rings. The monoisotopic (exact) mass is 230 g/mol. The van der Waals surface area contributed by atoms with Crippen molar-refractivity contribution in [3.8, 4) is 0 Å². The van der Waals surface area contributed by atoms with E-state index in [1.54, 1.807) is 0 Å². The zero-order valence-corrected chi connectivity index (χ0v) is 10.8. The van der Waals surface area contributed by atoms with Crippen molar-refractivity contribution in [2.24, 2.45) is 11.8 Å². The highest BCUT2D eigenvalue weighted by Crippen LogP contribution is 2.18. The molecule has 0 aromatic heterocycles. The third-order valence-corrected chi connectivity index (χ3v) is 3.27. The van der Waals surface area contributed by atoms with Gasteiger partial charge in [-0.05, 0) is 32.1 Å². The number of hydrogen-bond acceptors (Lipinski definition) is 2. The van der Waals surface area contributed by atoms with Crippen LogP contribution in [0, 0.1) is 11.8 Å². The molecule has 0 spiro atoms. The van der Waals surface area contributed by atoms with Crippen molar-refractivity contribution in [1.82, 2.24) is 0 Å². The van der Waals surface area contributed by atoms with Crippen LogP contribution in [0.4, 0.5) is 0 Å². The average Bonchev–Trinajstić information content (AvgIpc) is 2.21. The summed E-state index contributed by atoms with van der Waals surface area (Å²) in [4.78, 5) is 10.9. The highest BCUT2D eigenvalue weighted by atomic mass is 16.4. The second-order valence-corrected chi connectivity index (χ2v) is 4.83. The van der Waals surface area contributed by atoms with E-state index in [4.69, 9.17) is 5.11 Å². The smallest absolute Gasteiger partial charge is 0.306 e. The number of carbonyl (C=O) groups is 1. The molecule has 2 unspecified atom stereocenters. The molecule has 3 heteroatoms. The lowest BCUT2D eigenvalue weighted by molar-refractivity contribution is -0.142. The van der Waals surface area contributed by atoms with Gasteiger partial charge in [-0.2, -0.15) is 0 Å². The molecule has 0 saturated heterocycles. The first-order valence-corrected chi connectivity index (χ1v) is 6.39. The van der Waals surface area contributed by atoms with Gasteiger partial charge in [0.05, 0.1) is 12.0 Å². The van der Waals surface area contributed by atoms with E-state index >= 15 is 0 Å². The Hall–Kier alpha value is -0.570. The number of aliphatic carboxylic acids is 1. The van der Waals surface area contributed by atoms with Crippen molar-refractivity contribution in [2.75, 3.05) is 0 Å². The number of carboxylic acid groups (broad SMARTS) is 1. The van der Waals surface area contributed by atoms with E-state index in [0.717, 1.165) is 38.5 Å². The van der Waals surface area contributed by atoms with Crippen molar-refractivity contribution in [3.63, 3.8) is 0 Å². The Labute approximate surface area is 98.9 Å². The molecule has 0 aliphatic rings. The Kier molecular flexibility index (Phi) is 8.26. The van der Waals surface area contributed by atoms with Crippen LogP contribution >= 0.6 is 0 Å². The molecule has 0 aromatic carbocycles. The molecule has 0 aliphatic carbocycles. The minimum atomic E-state index is -0.662. The van der Waals surface area contributed by atoms with E-state index in [-0.39, 0.29) is 12.0 Å². The van der Waals surface area contributed by atoms with E-state index < -0.39 is 5.97 Å². The number of rotatable bonds is 9. The van der Waals surface area contributed by atoms with Crippen LogP contribution in [0.2, 0.25) is 0 Å². The summed E-state index contributed by atoms with van der Waals surface area (Å²) in [7, 11) is 0. The van der Waals surface area contributed by atoms with Gasteiger partial charge in [0, 0.05) is 0 Å². The van der Waals surface area contributed by atoms with Gasteiger partial charge in [0.25, 0.3) is 0 Å². The highest BCUT2D eigenvalue weighted by Gasteiger charge is 2.16. The first kappa shape index (κ1) is 15.4. The molecule has 96 valence electrons. The van der Waals surface area contributed by atoms with Gasteiger partial charge in [-0.3, -0.25) is 4.79 Å². The normalized spacial score (nSPS) is 16.8. The molecule has 0 fully saturated rings. The second-order valence-electron chi connectivity index (χ2n) is 4.83. The van der Waals surface area contributed by atoms with Crippen molar-refractivity contribution in [3.05, 3.63) is 0 Å². The summed E-state index contributed by atoms with van der Waals surface area (Å²) in [6.45, 7) is 5.86. The molecular formula is C13H26O3. The van der Waals surface area contributed by atoms with E-state index in [9.17, 15) is 9.90 Å². The molecule has 0 radical (unpaired) electrons. The summed E-state index contributed by atoms with van der Waals surface area (Å²) >= 11 is 0. The van der Waals surface area contributed by atoms with Gasteiger partial charge in [-0.25, -0.2) is 0 Å². The zero-order valence-electron chi connectivity index (χ0n) is 10.8. The maximum atomic E-state index is 10.9. The Balaban J connectivity index is 3.66. The standard InChI is InChI=1S/C13H26O3/c1-4-7-12(13(15)16)9-6-5-8-10(2)11(3)14/h10-12,14H,4-9H2,1-3H3,(H,15,16)/t10?,11?,12-/m0/s1. The largest absolute Gasteiger partial charge is 0.481 e. The van der Waals surface area contributed by atoms with Crippen molar-refractivity contribution >= 4 is 5.97 Å². The van der Waals surface area contributed by atoms with Crippen molar-refractivity contribution in [2.45, 2.75) is 65.4 Å². The van der Waals surface area contributed by atoms with Crippen LogP contribution in [0.5, 0.6) is 0 Å². The van der Waals surface area contributed by atoms with Crippen LogP contribution in [0.1, 0.15) is 59.3 Å². The molecular weight excluding hydrogens is 204 g/mol. The fraction of sp³-hybridized carbons (Fsp3) is 0.923. The highest BCUT2D eigenvalue weighted by molar-refractivity contribution is 5.69. The number of carboxylic acids is 1. The quantitative estimate of drug-likeness (QED) is 0.598. The molecule has 0 rings (SSSR count). The van der Waals surface area contributed by atoms with Crippen LogP contribution in [0.15, 0.2) is 0 Å². The minimum absolute atomic E-state index is 0.174. The third kappa shape index (κ3) is 6.83. The molecule has 0 saturated carbocycles. The number of aliphatic hydroxyl groups is 1. The third-order valence-electron chi connectivity index (χ3n) is 3.27. The van der Waals surface area contributed by atoms with E-state index in [1.165, 1.54) is 0 Å².